The summed E-state index contributed by atoms with van der Waals surface area (Å²) in [7, 11) is 0. The van der Waals surface area contributed by atoms with Gasteiger partial charge >= 0.3 is 0 Å². The highest BCUT2D eigenvalue weighted by molar-refractivity contribution is 5.35. The first-order valence-electron chi connectivity index (χ1n) is 11.0. The predicted molar refractivity (Wildman–Crippen MR) is 128 cm³/mol. The number of phenolic OH excluding ortho intramolecular Hbond substituents is 2. The maximum absolute atomic E-state index is 13.4. The van der Waals surface area contributed by atoms with E-state index in [4.69, 9.17) is 0 Å². The molecular weight excluding hydrogens is 434 g/mol. The lowest BCUT2D eigenvalue weighted by molar-refractivity contribution is 0.372. The number of benzene rings is 4. The molecule has 0 saturated carbocycles. The quantitative estimate of drug-likeness (QED) is 0.257. The molecule has 174 valence electrons. The van der Waals surface area contributed by atoms with Crippen molar-refractivity contribution >= 4 is 0 Å². The highest BCUT2D eigenvalue weighted by Crippen LogP contribution is 2.31. The van der Waals surface area contributed by atoms with E-state index >= 15 is 0 Å². The molecular formula is C28H26F2N2O2. The molecule has 0 aliphatic rings. The summed E-state index contributed by atoms with van der Waals surface area (Å²) >= 11 is 0. The fraction of sp³-hybridized carbons (Fsp3) is 0.143. The standard InChI is InChI=1S/C28H26F2N2O2/c29-23-13-11-21(25(33)15-23)17-31-27(19-7-3-1-4-8-19)28(20-9-5-2-6-10-20)32-18-22-12-14-24(30)16-26(22)34/h1-16,27-28,31-34H,17-18H2/t27-,28-/m1/s1. The van der Waals surface area contributed by atoms with Gasteiger partial charge in [-0.1, -0.05) is 72.8 Å². The molecule has 0 radical (unpaired) electrons. The van der Waals surface area contributed by atoms with E-state index in [0.29, 0.717) is 24.2 Å². The number of hydrogen-bond donors (Lipinski definition) is 4. The summed E-state index contributed by atoms with van der Waals surface area (Å²) in [5, 5.41) is 27.4. The zero-order chi connectivity index (χ0) is 23.9. The average molecular weight is 461 g/mol. The summed E-state index contributed by atoms with van der Waals surface area (Å²) in [4.78, 5) is 0. The van der Waals surface area contributed by atoms with E-state index in [1.54, 1.807) is 12.1 Å². The van der Waals surface area contributed by atoms with Crippen molar-refractivity contribution in [2.45, 2.75) is 25.2 Å². The monoisotopic (exact) mass is 460 g/mol. The average Bonchev–Trinajstić information content (AvgIpc) is 2.84. The van der Waals surface area contributed by atoms with Crippen LogP contribution in [0.3, 0.4) is 0 Å². The molecule has 0 aromatic heterocycles. The molecule has 0 aliphatic carbocycles. The third kappa shape index (κ3) is 5.78. The fourth-order valence-electron chi connectivity index (χ4n) is 3.99. The maximum Gasteiger partial charge on any atom is 0.126 e. The number of halogens is 2. The van der Waals surface area contributed by atoms with Crippen molar-refractivity contribution in [1.82, 2.24) is 10.6 Å². The van der Waals surface area contributed by atoms with Crippen molar-refractivity contribution < 1.29 is 19.0 Å². The van der Waals surface area contributed by atoms with Gasteiger partial charge in [0.25, 0.3) is 0 Å². The highest BCUT2D eigenvalue weighted by Gasteiger charge is 2.25. The van der Waals surface area contributed by atoms with Crippen molar-refractivity contribution in [2.75, 3.05) is 0 Å². The Bertz CT molecular complexity index is 1120. The van der Waals surface area contributed by atoms with E-state index in [-0.39, 0.29) is 23.6 Å². The van der Waals surface area contributed by atoms with Crippen LogP contribution in [0, 0.1) is 11.6 Å². The van der Waals surface area contributed by atoms with Crippen LogP contribution in [0.5, 0.6) is 11.5 Å². The molecule has 34 heavy (non-hydrogen) atoms. The second-order valence-electron chi connectivity index (χ2n) is 8.08. The maximum atomic E-state index is 13.4. The van der Waals surface area contributed by atoms with Crippen molar-refractivity contribution in [3.05, 3.63) is 131 Å². The predicted octanol–water partition coefficient (Wildman–Crippen LogP) is 5.74. The van der Waals surface area contributed by atoms with Gasteiger partial charge in [-0.2, -0.15) is 0 Å². The Hall–Kier alpha value is -3.74. The number of aromatic hydroxyl groups is 2. The Labute approximate surface area is 197 Å². The molecule has 0 fully saturated rings. The minimum Gasteiger partial charge on any atom is -0.508 e. The molecule has 4 aromatic rings. The molecule has 0 heterocycles. The van der Waals surface area contributed by atoms with Gasteiger partial charge < -0.3 is 20.8 Å². The molecule has 4 aromatic carbocycles. The largest absolute Gasteiger partial charge is 0.508 e. The molecule has 2 atom stereocenters. The van der Waals surface area contributed by atoms with Crippen molar-refractivity contribution in [2.24, 2.45) is 0 Å². The van der Waals surface area contributed by atoms with Crippen molar-refractivity contribution in [3.63, 3.8) is 0 Å². The Morgan fingerprint density at radius 1 is 0.559 bits per heavy atom. The summed E-state index contributed by atoms with van der Waals surface area (Å²) in [6, 6.07) is 27.2. The molecule has 4 N–H and O–H groups in total. The minimum atomic E-state index is -0.496. The van der Waals surface area contributed by atoms with E-state index < -0.39 is 11.6 Å². The van der Waals surface area contributed by atoms with Gasteiger partial charge in [0.05, 0.1) is 12.1 Å². The van der Waals surface area contributed by atoms with E-state index in [1.807, 2.05) is 60.7 Å². The Morgan fingerprint density at radius 3 is 1.29 bits per heavy atom. The van der Waals surface area contributed by atoms with E-state index in [1.165, 1.54) is 12.1 Å². The van der Waals surface area contributed by atoms with Crippen LogP contribution in [0.2, 0.25) is 0 Å². The first-order valence-corrected chi connectivity index (χ1v) is 11.0. The first-order chi connectivity index (χ1) is 16.5. The smallest absolute Gasteiger partial charge is 0.126 e. The zero-order valence-corrected chi connectivity index (χ0v) is 18.5. The summed E-state index contributed by atoms with van der Waals surface area (Å²) < 4.78 is 26.9. The number of hydrogen-bond acceptors (Lipinski definition) is 4. The normalized spacial score (nSPS) is 12.9. The molecule has 0 amide bonds. The summed E-state index contributed by atoms with van der Waals surface area (Å²) in [6.45, 7) is 0.608. The van der Waals surface area contributed by atoms with Gasteiger partial charge in [-0.15, -0.1) is 0 Å². The number of nitrogens with one attached hydrogen (secondary N) is 2. The van der Waals surface area contributed by atoms with Gasteiger partial charge in [-0.3, -0.25) is 0 Å². The van der Waals surface area contributed by atoms with Gasteiger partial charge in [0.2, 0.25) is 0 Å². The van der Waals surface area contributed by atoms with Crippen LogP contribution in [0.15, 0.2) is 97.1 Å². The molecule has 0 aliphatic heterocycles. The van der Waals surface area contributed by atoms with Gasteiger partial charge in [-0.05, 0) is 23.3 Å². The summed E-state index contributed by atoms with van der Waals surface area (Å²) in [6.07, 6.45) is 0. The van der Waals surface area contributed by atoms with Gasteiger partial charge in [0, 0.05) is 36.3 Å². The third-order valence-corrected chi connectivity index (χ3v) is 5.77. The molecule has 6 heteroatoms. The van der Waals surface area contributed by atoms with Crippen LogP contribution in [0.25, 0.3) is 0 Å². The number of phenols is 2. The first kappa shape index (κ1) is 23.4. The molecule has 0 spiro atoms. The molecule has 0 unspecified atom stereocenters. The van der Waals surface area contributed by atoms with Crippen LogP contribution >= 0.6 is 0 Å². The minimum absolute atomic E-state index is 0.111. The summed E-state index contributed by atoms with van der Waals surface area (Å²) in [5.74, 6) is -1.22. The number of rotatable bonds is 9. The van der Waals surface area contributed by atoms with Crippen LogP contribution in [0.4, 0.5) is 8.78 Å². The van der Waals surface area contributed by atoms with E-state index in [0.717, 1.165) is 23.3 Å². The third-order valence-electron chi connectivity index (χ3n) is 5.77. The van der Waals surface area contributed by atoms with Gasteiger partial charge in [0.1, 0.15) is 23.1 Å². The lowest BCUT2D eigenvalue weighted by Gasteiger charge is -2.30. The SMILES string of the molecule is Oc1cc(F)ccc1CN[C@H](c1ccccc1)[C@H](NCc1ccc(F)cc1O)c1ccccc1. The lowest BCUT2D eigenvalue weighted by Crippen LogP contribution is -2.35. The van der Waals surface area contributed by atoms with E-state index in [9.17, 15) is 19.0 Å². The van der Waals surface area contributed by atoms with Crippen LogP contribution < -0.4 is 10.6 Å². The lowest BCUT2D eigenvalue weighted by atomic mass is 9.92. The Kier molecular flexibility index (Phi) is 7.52. The van der Waals surface area contributed by atoms with Crippen molar-refractivity contribution in [3.8, 4) is 11.5 Å². The molecule has 0 bridgehead atoms. The second-order valence-corrected chi connectivity index (χ2v) is 8.08. The van der Waals surface area contributed by atoms with Crippen LogP contribution in [-0.2, 0) is 13.1 Å². The molecule has 4 rings (SSSR count). The Balaban J connectivity index is 1.65. The van der Waals surface area contributed by atoms with Gasteiger partial charge in [-0.25, -0.2) is 8.78 Å². The van der Waals surface area contributed by atoms with Gasteiger partial charge in [0.15, 0.2) is 0 Å². The summed E-state index contributed by atoms with van der Waals surface area (Å²) in [5.41, 5.74) is 3.17. The fourth-order valence-corrected chi connectivity index (χ4v) is 3.99. The topological polar surface area (TPSA) is 64.5 Å². The highest BCUT2D eigenvalue weighted by atomic mass is 19.1. The van der Waals surface area contributed by atoms with Crippen LogP contribution in [0.1, 0.15) is 34.3 Å². The van der Waals surface area contributed by atoms with E-state index in [2.05, 4.69) is 10.6 Å². The Morgan fingerprint density at radius 2 is 0.941 bits per heavy atom. The second kappa shape index (κ2) is 10.9. The van der Waals surface area contributed by atoms with Crippen LogP contribution in [-0.4, -0.2) is 10.2 Å². The van der Waals surface area contributed by atoms with Crippen molar-refractivity contribution in [1.29, 1.82) is 0 Å². The molecule has 0 saturated heterocycles. The molecule has 4 nitrogen and oxygen atoms in total. The zero-order valence-electron chi connectivity index (χ0n) is 18.5.